The Balaban J connectivity index is 1.85. The highest BCUT2D eigenvalue weighted by atomic mass is 16.6. The van der Waals surface area contributed by atoms with E-state index in [2.05, 4.69) is 19.2 Å². The smallest absolute Gasteiger partial charge is 0.344 e. The van der Waals surface area contributed by atoms with Crippen LogP contribution in [-0.4, -0.2) is 31.2 Å². The first kappa shape index (κ1) is 22.3. The monoisotopic (exact) mass is 399 g/mol. The number of esters is 1. The molecule has 1 amide bonds. The van der Waals surface area contributed by atoms with Crippen LogP contribution in [0, 0.1) is 0 Å². The molecule has 0 aromatic heterocycles. The Morgan fingerprint density at radius 3 is 2.17 bits per heavy atom. The van der Waals surface area contributed by atoms with Gasteiger partial charge in [0.15, 0.2) is 12.7 Å². The molecule has 156 valence electrons. The summed E-state index contributed by atoms with van der Waals surface area (Å²) in [6, 6.07) is 14.6. The van der Waals surface area contributed by atoms with Crippen molar-refractivity contribution in [1.29, 1.82) is 0 Å². The standard InChI is InChI=1S/C23H29NO5/c1-5-16(3)20-9-7-8-10-21(20)24-23(26)17(4)29-22(25)15-28-19-13-11-18(12-14-19)27-6-2/h7-14,16-17H,5-6,15H2,1-4H3,(H,24,26)/t16-,17+/m1/s1. The van der Waals surface area contributed by atoms with E-state index in [0.717, 1.165) is 23.4 Å². The molecule has 0 heterocycles. The molecule has 0 aliphatic heterocycles. The topological polar surface area (TPSA) is 73.9 Å². The lowest BCUT2D eigenvalue weighted by atomic mass is 9.97. The molecule has 0 bridgehead atoms. The average molecular weight is 399 g/mol. The molecule has 0 radical (unpaired) electrons. The summed E-state index contributed by atoms with van der Waals surface area (Å²) in [5, 5.41) is 2.85. The fraction of sp³-hybridized carbons (Fsp3) is 0.391. The van der Waals surface area contributed by atoms with Crippen molar-refractivity contribution in [1.82, 2.24) is 0 Å². The van der Waals surface area contributed by atoms with Crippen molar-refractivity contribution >= 4 is 17.6 Å². The molecule has 0 saturated heterocycles. The van der Waals surface area contributed by atoms with E-state index < -0.39 is 12.1 Å². The molecule has 0 spiro atoms. The van der Waals surface area contributed by atoms with E-state index >= 15 is 0 Å². The van der Waals surface area contributed by atoms with Crippen LogP contribution in [0.25, 0.3) is 0 Å². The maximum absolute atomic E-state index is 12.4. The van der Waals surface area contributed by atoms with Crippen LogP contribution in [-0.2, 0) is 14.3 Å². The van der Waals surface area contributed by atoms with Crippen LogP contribution in [0.1, 0.15) is 45.6 Å². The van der Waals surface area contributed by atoms with Crippen molar-refractivity contribution in [3.63, 3.8) is 0 Å². The minimum atomic E-state index is -0.934. The Bertz CT molecular complexity index is 803. The number of amides is 1. The predicted molar refractivity (Wildman–Crippen MR) is 112 cm³/mol. The van der Waals surface area contributed by atoms with Gasteiger partial charge in [-0.3, -0.25) is 4.79 Å². The van der Waals surface area contributed by atoms with Crippen molar-refractivity contribution in [3.05, 3.63) is 54.1 Å². The van der Waals surface area contributed by atoms with Crippen LogP contribution in [0.5, 0.6) is 11.5 Å². The zero-order valence-corrected chi connectivity index (χ0v) is 17.4. The molecule has 6 heteroatoms. The lowest BCUT2D eigenvalue weighted by Gasteiger charge is -2.18. The molecule has 29 heavy (non-hydrogen) atoms. The molecular weight excluding hydrogens is 370 g/mol. The van der Waals surface area contributed by atoms with Gasteiger partial charge < -0.3 is 19.5 Å². The third kappa shape index (κ3) is 6.82. The number of nitrogens with one attached hydrogen (secondary N) is 1. The third-order valence-electron chi connectivity index (χ3n) is 4.53. The number of benzene rings is 2. The zero-order chi connectivity index (χ0) is 21.2. The van der Waals surface area contributed by atoms with Crippen LogP contribution in [0.4, 0.5) is 5.69 Å². The zero-order valence-electron chi connectivity index (χ0n) is 17.4. The van der Waals surface area contributed by atoms with Gasteiger partial charge in [0.05, 0.1) is 6.61 Å². The molecule has 0 aliphatic carbocycles. The van der Waals surface area contributed by atoms with Gasteiger partial charge in [0.25, 0.3) is 5.91 Å². The van der Waals surface area contributed by atoms with Crippen molar-refractivity contribution in [2.24, 2.45) is 0 Å². The van der Waals surface area contributed by atoms with Crippen molar-refractivity contribution in [2.45, 2.75) is 46.1 Å². The number of para-hydroxylation sites is 1. The van der Waals surface area contributed by atoms with Gasteiger partial charge in [-0.1, -0.05) is 32.0 Å². The second-order valence-corrected chi connectivity index (χ2v) is 6.71. The van der Waals surface area contributed by atoms with Gasteiger partial charge in [-0.05, 0) is 62.1 Å². The Hall–Kier alpha value is -3.02. The number of carbonyl (C=O) groups excluding carboxylic acids is 2. The van der Waals surface area contributed by atoms with Gasteiger partial charge in [0.2, 0.25) is 0 Å². The summed E-state index contributed by atoms with van der Waals surface area (Å²) in [5.74, 6) is 0.564. The summed E-state index contributed by atoms with van der Waals surface area (Å²) in [6.45, 7) is 7.94. The first-order valence-corrected chi connectivity index (χ1v) is 9.89. The van der Waals surface area contributed by atoms with Gasteiger partial charge in [-0.25, -0.2) is 4.79 Å². The molecule has 2 rings (SSSR count). The molecule has 0 saturated carbocycles. The fourth-order valence-electron chi connectivity index (χ4n) is 2.72. The summed E-state index contributed by atoms with van der Waals surface area (Å²) >= 11 is 0. The first-order valence-electron chi connectivity index (χ1n) is 9.89. The highest BCUT2D eigenvalue weighted by Crippen LogP contribution is 2.26. The summed E-state index contributed by atoms with van der Waals surface area (Å²) in [6.07, 6.45) is 0.0248. The Kier molecular flexibility index (Phi) is 8.52. The molecule has 6 nitrogen and oxygen atoms in total. The molecule has 2 aromatic rings. The number of carbonyl (C=O) groups is 2. The first-order chi connectivity index (χ1) is 13.9. The van der Waals surface area contributed by atoms with E-state index in [1.54, 1.807) is 24.3 Å². The lowest BCUT2D eigenvalue weighted by Crippen LogP contribution is -2.32. The van der Waals surface area contributed by atoms with Crippen molar-refractivity contribution in [2.75, 3.05) is 18.5 Å². The molecule has 2 atom stereocenters. The summed E-state index contributed by atoms with van der Waals surface area (Å²) in [5.41, 5.74) is 1.79. The highest BCUT2D eigenvalue weighted by Gasteiger charge is 2.20. The number of rotatable bonds is 10. The van der Waals surface area contributed by atoms with E-state index in [1.807, 2.05) is 31.2 Å². The lowest BCUT2D eigenvalue weighted by molar-refractivity contribution is -0.155. The minimum Gasteiger partial charge on any atom is -0.494 e. The largest absolute Gasteiger partial charge is 0.494 e. The number of hydrogen-bond acceptors (Lipinski definition) is 5. The maximum atomic E-state index is 12.4. The molecular formula is C23H29NO5. The van der Waals surface area contributed by atoms with Gasteiger partial charge in [-0.2, -0.15) is 0 Å². The van der Waals surface area contributed by atoms with Gasteiger partial charge in [-0.15, -0.1) is 0 Å². The number of ether oxygens (including phenoxy) is 3. The van der Waals surface area contributed by atoms with E-state index in [-0.39, 0.29) is 12.5 Å². The fourth-order valence-corrected chi connectivity index (χ4v) is 2.72. The number of anilines is 1. The van der Waals surface area contributed by atoms with Gasteiger partial charge >= 0.3 is 5.97 Å². The second kappa shape index (κ2) is 11.1. The minimum absolute atomic E-state index is 0.283. The predicted octanol–water partition coefficient (Wildman–Crippen LogP) is 4.55. The Labute approximate surface area is 172 Å². The Morgan fingerprint density at radius 1 is 0.931 bits per heavy atom. The normalized spacial score (nSPS) is 12.6. The van der Waals surface area contributed by atoms with Gasteiger partial charge in [0.1, 0.15) is 11.5 Å². The molecule has 1 N–H and O–H groups in total. The van der Waals surface area contributed by atoms with Gasteiger partial charge in [0, 0.05) is 5.69 Å². The quantitative estimate of drug-likeness (QED) is 0.594. The molecule has 2 aromatic carbocycles. The van der Waals surface area contributed by atoms with E-state index in [1.165, 1.54) is 6.92 Å². The van der Waals surface area contributed by atoms with E-state index in [9.17, 15) is 9.59 Å². The van der Waals surface area contributed by atoms with E-state index in [0.29, 0.717) is 18.3 Å². The SMILES string of the molecule is CCOc1ccc(OCC(=O)O[C@@H](C)C(=O)Nc2ccccc2[C@H](C)CC)cc1. The van der Waals surface area contributed by atoms with E-state index in [4.69, 9.17) is 14.2 Å². The van der Waals surface area contributed by atoms with Crippen molar-refractivity contribution in [3.8, 4) is 11.5 Å². The second-order valence-electron chi connectivity index (χ2n) is 6.71. The van der Waals surface area contributed by atoms with Crippen LogP contribution in [0.15, 0.2) is 48.5 Å². The van der Waals surface area contributed by atoms with Crippen LogP contribution in [0.3, 0.4) is 0 Å². The summed E-state index contributed by atoms with van der Waals surface area (Å²) < 4.78 is 16.0. The van der Waals surface area contributed by atoms with Crippen molar-refractivity contribution < 1.29 is 23.8 Å². The molecule has 0 unspecified atom stereocenters. The average Bonchev–Trinajstić information content (AvgIpc) is 2.73. The van der Waals surface area contributed by atoms with Crippen LogP contribution < -0.4 is 14.8 Å². The molecule has 0 fully saturated rings. The maximum Gasteiger partial charge on any atom is 0.344 e. The van der Waals surface area contributed by atoms with Crippen LogP contribution in [0.2, 0.25) is 0 Å². The third-order valence-corrected chi connectivity index (χ3v) is 4.53. The summed E-state index contributed by atoms with van der Waals surface area (Å²) in [4.78, 5) is 24.5. The Morgan fingerprint density at radius 2 is 1.55 bits per heavy atom. The summed E-state index contributed by atoms with van der Waals surface area (Å²) in [7, 11) is 0. The highest BCUT2D eigenvalue weighted by molar-refractivity contribution is 5.95. The van der Waals surface area contributed by atoms with Crippen LogP contribution >= 0.6 is 0 Å². The number of hydrogen-bond donors (Lipinski definition) is 1. The molecule has 0 aliphatic rings.